The molecule has 4 nitrogen and oxygen atoms in total. The average Bonchev–Trinajstić information content (AvgIpc) is 3.11. The first-order chi connectivity index (χ1) is 11.2. The van der Waals surface area contributed by atoms with Crippen molar-refractivity contribution in [3.05, 3.63) is 47.7 Å². The van der Waals surface area contributed by atoms with Crippen LogP contribution in [0.2, 0.25) is 0 Å². The van der Waals surface area contributed by atoms with Gasteiger partial charge in [0.25, 0.3) is 5.91 Å². The maximum absolute atomic E-state index is 12.5. The Balaban J connectivity index is 1.69. The molecule has 122 valence electrons. The fourth-order valence-electron chi connectivity index (χ4n) is 2.99. The zero-order valence-electron chi connectivity index (χ0n) is 13.5. The maximum atomic E-state index is 12.5. The van der Waals surface area contributed by atoms with Gasteiger partial charge < -0.3 is 14.4 Å². The molecule has 1 fully saturated rings. The Labute approximate surface area is 136 Å². The van der Waals surface area contributed by atoms with Gasteiger partial charge in [-0.3, -0.25) is 4.79 Å². The van der Waals surface area contributed by atoms with Crippen LogP contribution in [0.1, 0.15) is 35.9 Å². The summed E-state index contributed by atoms with van der Waals surface area (Å²) in [6.45, 7) is 3.70. The molecule has 23 heavy (non-hydrogen) atoms. The van der Waals surface area contributed by atoms with E-state index >= 15 is 0 Å². The number of nitrogens with zero attached hydrogens (tertiary/aromatic N) is 1. The van der Waals surface area contributed by atoms with Gasteiger partial charge in [0.05, 0.1) is 0 Å². The van der Waals surface area contributed by atoms with Crippen LogP contribution in [-0.4, -0.2) is 35.6 Å². The van der Waals surface area contributed by atoms with Crippen molar-refractivity contribution in [3.8, 4) is 11.3 Å². The van der Waals surface area contributed by atoms with E-state index < -0.39 is 0 Å². The van der Waals surface area contributed by atoms with Crippen LogP contribution in [0.25, 0.3) is 11.3 Å². The molecule has 0 atom stereocenters. The molecule has 0 spiro atoms. The second kappa shape index (κ2) is 7.01. The molecular formula is C19H23NO3. The standard InChI is InChI=1S/C19H23NO3/c1-2-14-3-5-16(6-4-14)17-7-8-18(23-17)19(22)20-11-9-15(13-21)10-12-20/h3-8,15,21H,2,9-13H2,1H3. The van der Waals surface area contributed by atoms with E-state index in [0.29, 0.717) is 24.8 Å². The van der Waals surface area contributed by atoms with Gasteiger partial charge in [0, 0.05) is 25.3 Å². The number of likely N-dealkylation sites (tertiary alicyclic amines) is 1. The van der Waals surface area contributed by atoms with Crippen molar-refractivity contribution in [3.63, 3.8) is 0 Å². The highest BCUT2D eigenvalue weighted by molar-refractivity contribution is 5.92. The van der Waals surface area contributed by atoms with Gasteiger partial charge in [0.2, 0.25) is 0 Å². The van der Waals surface area contributed by atoms with Crippen LogP contribution in [0.4, 0.5) is 0 Å². The molecule has 0 radical (unpaired) electrons. The SMILES string of the molecule is CCc1ccc(-c2ccc(C(=O)N3CCC(CO)CC3)o2)cc1. The summed E-state index contributed by atoms with van der Waals surface area (Å²) >= 11 is 0. The Hall–Kier alpha value is -2.07. The number of furan rings is 1. The van der Waals surface area contributed by atoms with Crippen molar-refractivity contribution in [1.29, 1.82) is 0 Å². The van der Waals surface area contributed by atoms with Gasteiger partial charge in [-0.05, 0) is 42.9 Å². The molecule has 0 aliphatic carbocycles. The van der Waals surface area contributed by atoms with E-state index in [4.69, 9.17) is 4.42 Å². The summed E-state index contributed by atoms with van der Waals surface area (Å²) in [6.07, 6.45) is 2.72. The third kappa shape index (κ3) is 3.48. The fourth-order valence-corrected chi connectivity index (χ4v) is 2.99. The fraction of sp³-hybridized carbons (Fsp3) is 0.421. The lowest BCUT2D eigenvalue weighted by Crippen LogP contribution is -2.39. The smallest absolute Gasteiger partial charge is 0.289 e. The molecule has 1 aliphatic rings. The summed E-state index contributed by atoms with van der Waals surface area (Å²) < 4.78 is 5.77. The highest BCUT2D eigenvalue weighted by atomic mass is 16.4. The lowest BCUT2D eigenvalue weighted by Gasteiger charge is -2.30. The van der Waals surface area contributed by atoms with Crippen LogP contribution >= 0.6 is 0 Å². The third-order valence-electron chi connectivity index (χ3n) is 4.62. The first-order valence-electron chi connectivity index (χ1n) is 8.30. The van der Waals surface area contributed by atoms with Crippen molar-refractivity contribution in [2.24, 2.45) is 5.92 Å². The Morgan fingerprint density at radius 2 is 1.87 bits per heavy atom. The average molecular weight is 313 g/mol. The molecule has 3 rings (SSSR count). The van der Waals surface area contributed by atoms with Crippen LogP contribution in [-0.2, 0) is 6.42 Å². The predicted molar refractivity (Wildman–Crippen MR) is 89.2 cm³/mol. The molecule has 4 heteroatoms. The number of rotatable bonds is 4. The largest absolute Gasteiger partial charge is 0.451 e. The molecule has 1 aromatic carbocycles. The number of aryl methyl sites for hydroxylation is 1. The number of amides is 1. The van der Waals surface area contributed by atoms with Crippen molar-refractivity contribution in [2.75, 3.05) is 19.7 Å². The van der Waals surface area contributed by atoms with Gasteiger partial charge in [-0.25, -0.2) is 0 Å². The molecular weight excluding hydrogens is 290 g/mol. The van der Waals surface area contributed by atoms with E-state index in [1.807, 2.05) is 23.1 Å². The van der Waals surface area contributed by atoms with E-state index in [2.05, 4.69) is 19.1 Å². The van der Waals surface area contributed by atoms with Gasteiger partial charge in [-0.15, -0.1) is 0 Å². The summed E-state index contributed by atoms with van der Waals surface area (Å²) in [5.74, 6) is 1.38. The van der Waals surface area contributed by atoms with Crippen molar-refractivity contribution in [1.82, 2.24) is 4.90 Å². The van der Waals surface area contributed by atoms with Gasteiger partial charge in [-0.2, -0.15) is 0 Å². The molecule has 0 unspecified atom stereocenters. The minimum atomic E-state index is -0.0576. The van der Waals surface area contributed by atoms with Gasteiger partial charge in [0.15, 0.2) is 5.76 Å². The van der Waals surface area contributed by atoms with Crippen LogP contribution in [0, 0.1) is 5.92 Å². The summed E-state index contributed by atoms with van der Waals surface area (Å²) in [5, 5.41) is 9.18. The van der Waals surface area contributed by atoms with Gasteiger partial charge in [-0.1, -0.05) is 31.2 Å². The molecule has 2 aromatic rings. The molecule has 1 N–H and O–H groups in total. The summed E-state index contributed by atoms with van der Waals surface area (Å²) in [4.78, 5) is 14.3. The zero-order valence-corrected chi connectivity index (χ0v) is 13.5. The first-order valence-corrected chi connectivity index (χ1v) is 8.30. The van der Waals surface area contributed by atoms with Crippen molar-refractivity contribution in [2.45, 2.75) is 26.2 Å². The quantitative estimate of drug-likeness (QED) is 0.941. The van der Waals surface area contributed by atoms with E-state index in [-0.39, 0.29) is 12.5 Å². The van der Waals surface area contributed by atoms with Crippen LogP contribution < -0.4 is 0 Å². The molecule has 0 saturated carbocycles. The number of hydrogen-bond acceptors (Lipinski definition) is 3. The van der Waals surface area contributed by atoms with Crippen LogP contribution in [0.5, 0.6) is 0 Å². The summed E-state index contributed by atoms with van der Waals surface area (Å²) in [6, 6.07) is 11.8. The summed E-state index contributed by atoms with van der Waals surface area (Å²) in [7, 11) is 0. The highest BCUT2D eigenvalue weighted by Crippen LogP contribution is 2.25. The monoisotopic (exact) mass is 313 g/mol. The number of benzene rings is 1. The maximum Gasteiger partial charge on any atom is 0.289 e. The lowest BCUT2D eigenvalue weighted by atomic mass is 9.98. The van der Waals surface area contributed by atoms with Crippen LogP contribution in [0.15, 0.2) is 40.8 Å². The number of aliphatic hydroxyl groups is 1. The molecule has 0 bridgehead atoms. The second-order valence-corrected chi connectivity index (χ2v) is 6.13. The second-order valence-electron chi connectivity index (χ2n) is 6.13. The lowest BCUT2D eigenvalue weighted by molar-refractivity contribution is 0.0621. The number of hydrogen-bond donors (Lipinski definition) is 1. The Kier molecular flexibility index (Phi) is 4.82. The zero-order chi connectivity index (χ0) is 16.2. The Morgan fingerprint density at radius 3 is 2.48 bits per heavy atom. The van der Waals surface area contributed by atoms with Gasteiger partial charge in [0.1, 0.15) is 5.76 Å². The van der Waals surface area contributed by atoms with E-state index in [0.717, 1.165) is 30.6 Å². The normalized spacial score (nSPS) is 15.8. The molecule has 1 aromatic heterocycles. The number of carbonyl (C=O) groups excluding carboxylic acids is 1. The minimum Gasteiger partial charge on any atom is -0.451 e. The van der Waals surface area contributed by atoms with E-state index in [1.165, 1.54) is 5.56 Å². The van der Waals surface area contributed by atoms with Gasteiger partial charge >= 0.3 is 0 Å². The summed E-state index contributed by atoms with van der Waals surface area (Å²) in [5.41, 5.74) is 2.27. The topological polar surface area (TPSA) is 53.7 Å². The molecule has 1 amide bonds. The third-order valence-corrected chi connectivity index (χ3v) is 4.62. The van der Waals surface area contributed by atoms with Crippen molar-refractivity contribution < 1.29 is 14.3 Å². The highest BCUT2D eigenvalue weighted by Gasteiger charge is 2.25. The number of piperidine rings is 1. The predicted octanol–water partition coefficient (Wildman–Crippen LogP) is 3.35. The van der Waals surface area contributed by atoms with E-state index in [9.17, 15) is 9.90 Å². The Morgan fingerprint density at radius 1 is 1.17 bits per heavy atom. The molecule has 2 heterocycles. The minimum absolute atomic E-state index is 0.0576. The van der Waals surface area contributed by atoms with E-state index in [1.54, 1.807) is 6.07 Å². The number of aliphatic hydroxyl groups excluding tert-OH is 1. The van der Waals surface area contributed by atoms with Crippen molar-refractivity contribution >= 4 is 5.91 Å². The molecule has 1 aliphatic heterocycles. The first kappa shape index (κ1) is 15.8. The van der Waals surface area contributed by atoms with Crippen LogP contribution in [0.3, 0.4) is 0 Å². The Bertz CT molecular complexity index is 652. The molecule has 1 saturated heterocycles. The number of carbonyl (C=O) groups is 1.